The van der Waals surface area contributed by atoms with Crippen LogP contribution in [0.1, 0.15) is 31.3 Å². The Morgan fingerprint density at radius 2 is 2.20 bits per heavy atom. The summed E-state index contributed by atoms with van der Waals surface area (Å²) in [6.07, 6.45) is 1.68. The van der Waals surface area contributed by atoms with E-state index in [2.05, 4.69) is 27.2 Å². The number of halogens is 1. The molecule has 10 heteroatoms. The zero-order valence-corrected chi connectivity index (χ0v) is 17.5. The minimum Gasteiger partial charge on any atom is -0.483 e. The third-order valence-electron chi connectivity index (χ3n) is 4.01. The normalized spacial score (nSPS) is 10.9. The number of hydrogen-bond donors (Lipinski definition) is 1. The van der Waals surface area contributed by atoms with Gasteiger partial charge < -0.3 is 9.26 Å². The van der Waals surface area contributed by atoms with Gasteiger partial charge >= 0.3 is 0 Å². The average Bonchev–Trinajstić information content (AvgIpc) is 3.33. The van der Waals surface area contributed by atoms with Crippen molar-refractivity contribution in [2.24, 2.45) is 0 Å². The van der Waals surface area contributed by atoms with Crippen LogP contribution >= 0.6 is 11.8 Å². The van der Waals surface area contributed by atoms with Crippen LogP contribution in [-0.2, 0) is 17.9 Å². The number of benzene rings is 1. The molecule has 0 saturated heterocycles. The predicted octanol–water partition coefficient (Wildman–Crippen LogP) is 4.02. The van der Waals surface area contributed by atoms with E-state index in [0.29, 0.717) is 23.4 Å². The molecule has 2 heterocycles. The minimum atomic E-state index is -0.452. The fourth-order valence-electron chi connectivity index (χ4n) is 2.47. The fraction of sp³-hybridized carbons (Fsp3) is 0.300. The molecule has 0 aliphatic rings. The number of aromatic nitrogens is 4. The second-order valence-corrected chi connectivity index (χ2v) is 7.57. The highest BCUT2D eigenvalue weighted by atomic mass is 32.2. The van der Waals surface area contributed by atoms with Crippen LogP contribution in [0.4, 0.5) is 10.3 Å². The predicted molar refractivity (Wildman–Crippen MR) is 111 cm³/mol. The average molecular weight is 431 g/mol. The molecule has 0 spiro atoms. The van der Waals surface area contributed by atoms with Crippen molar-refractivity contribution in [1.29, 1.82) is 0 Å². The Hall–Kier alpha value is -3.14. The molecule has 0 bridgehead atoms. The van der Waals surface area contributed by atoms with Gasteiger partial charge in [0.25, 0.3) is 0 Å². The Labute approximate surface area is 177 Å². The van der Waals surface area contributed by atoms with Gasteiger partial charge in [0.1, 0.15) is 6.61 Å². The van der Waals surface area contributed by atoms with Crippen molar-refractivity contribution < 1.29 is 18.4 Å². The first kappa shape index (κ1) is 21.6. The maximum atomic E-state index is 13.7. The van der Waals surface area contributed by atoms with E-state index in [0.717, 1.165) is 5.69 Å². The number of thioether (sulfide) groups is 1. The number of ether oxygens (including phenoxy) is 1. The fourth-order valence-corrected chi connectivity index (χ4v) is 3.24. The summed E-state index contributed by atoms with van der Waals surface area (Å²) in [4.78, 5) is 12.2. The lowest BCUT2D eigenvalue weighted by molar-refractivity contribution is -0.113. The van der Waals surface area contributed by atoms with Crippen molar-refractivity contribution in [3.05, 3.63) is 60.3 Å². The molecule has 0 saturated carbocycles. The smallest absolute Gasteiger partial charge is 0.237 e. The molecule has 158 valence electrons. The van der Waals surface area contributed by atoms with E-state index in [1.807, 2.05) is 13.8 Å². The number of amides is 1. The minimum absolute atomic E-state index is 0.0323. The topological polar surface area (TPSA) is 95.1 Å². The van der Waals surface area contributed by atoms with Crippen LogP contribution in [-0.4, -0.2) is 31.6 Å². The van der Waals surface area contributed by atoms with Crippen molar-refractivity contribution in [1.82, 2.24) is 19.9 Å². The lowest BCUT2D eigenvalue weighted by Gasteiger charge is -2.09. The molecule has 1 aromatic carbocycles. The first-order chi connectivity index (χ1) is 14.5. The Morgan fingerprint density at radius 1 is 1.40 bits per heavy atom. The Bertz CT molecular complexity index is 1020. The van der Waals surface area contributed by atoms with Crippen LogP contribution in [0.25, 0.3) is 0 Å². The monoisotopic (exact) mass is 431 g/mol. The van der Waals surface area contributed by atoms with E-state index in [-0.39, 0.29) is 29.9 Å². The molecule has 8 nitrogen and oxygen atoms in total. The number of anilines is 1. The van der Waals surface area contributed by atoms with Gasteiger partial charge in [0.2, 0.25) is 11.8 Å². The van der Waals surface area contributed by atoms with Crippen LogP contribution < -0.4 is 10.1 Å². The summed E-state index contributed by atoms with van der Waals surface area (Å²) in [7, 11) is 0. The third-order valence-corrected chi connectivity index (χ3v) is 4.98. The first-order valence-corrected chi connectivity index (χ1v) is 10.3. The number of para-hydroxylation sites is 1. The molecule has 0 fully saturated rings. The second-order valence-electron chi connectivity index (χ2n) is 6.62. The van der Waals surface area contributed by atoms with Gasteiger partial charge in [-0.25, -0.2) is 4.39 Å². The SMILES string of the molecule is C=CCn1c(COc2ccccc2F)nnc1SCC(=O)Nc1cc(C(C)C)no1. The largest absolute Gasteiger partial charge is 0.483 e. The summed E-state index contributed by atoms with van der Waals surface area (Å²) < 4.78 is 26.1. The molecule has 0 unspecified atom stereocenters. The molecule has 1 N–H and O–H groups in total. The number of nitrogens with zero attached hydrogens (tertiary/aromatic N) is 4. The van der Waals surface area contributed by atoms with Gasteiger partial charge in [0.15, 0.2) is 22.5 Å². The van der Waals surface area contributed by atoms with Crippen LogP contribution in [0, 0.1) is 5.82 Å². The summed E-state index contributed by atoms with van der Waals surface area (Å²) in [6, 6.07) is 7.84. The highest BCUT2D eigenvalue weighted by Gasteiger charge is 2.16. The van der Waals surface area contributed by atoms with Gasteiger partial charge in [-0.05, 0) is 18.1 Å². The Kier molecular flexibility index (Phi) is 7.23. The van der Waals surface area contributed by atoms with E-state index < -0.39 is 5.82 Å². The number of nitrogens with one attached hydrogen (secondary N) is 1. The van der Waals surface area contributed by atoms with Crippen molar-refractivity contribution in [3.63, 3.8) is 0 Å². The van der Waals surface area contributed by atoms with Gasteiger partial charge in [-0.3, -0.25) is 14.7 Å². The first-order valence-electron chi connectivity index (χ1n) is 9.27. The highest BCUT2D eigenvalue weighted by molar-refractivity contribution is 7.99. The number of carbonyl (C=O) groups excluding carboxylic acids is 1. The molecule has 0 aliphatic heterocycles. The Balaban J connectivity index is 1.60. The van der Waals surface area contributed by atoms with Crippen LogP contribution in [0.2, 0.25) is 0 Å². The number of carbonyl (C=O) groups is 1. The lowest BCUT2D eigenvalue weighted by Crippen LogP contribution is -2.14. The molecule has 1 amide bonds. The van der Waals surface area contributed by atoms with Crippen LogP contribution in [0.3, 0.4) is 0 Å². The Morgan fingerprint density at radius 3 is 2.90 bits per heavy atom. The number of rotatable bonds is 10. The van der Waals surface area contributed by atoms with Crippen molar-refractivity contribution in [3.8, 4) is 5.75 Å². The van der Waals surface area contributed by atoms with Gasteiger partial charge in [-0.2, -0.15) is 0 Å². The number of allylic oxidation sites excluding steroid dienone is 1. The van der Waals surface area contributed by atoms with Gasteiger partial charge in [0, 0.05) is 12.6 Å². The van der Waals surface area contributed by atoms with Crippen molar-refractivity contribution in [2.45, 2.75) is 38.1 Å². The van der Waals surface area contributed by atoms with E-state index in [4.69, 9.17) is 9.26 Å². The van der Waals surface area contributed by atoms with Crippen LogP contribution in [0.5, 0.6) is 5.75 Å². The zero-order chi connectivity index (χ0) is 21.5. The molecule has 30 heavy (non-hydrogen) atoms. The van der Waals surface area contributed by atoms with Crippen molar-refractivity contribution in [2.75, 3.05) is 11.1 Å². The molecular formula is C20H22FN5O3S. The van der Waals surface area contributed by atoms with Crippen LogP contribution in [0.15, 0.2) is 52.7 Å². The highest BCUT2D eigenvalue weighted by Crippen LogP contribution is 2.21. The van der Waals surface area contributed by atoms with E-state index in [1.54, 1.807) is 28.8 Å². The summed E-state index contributed by atoms with van der Waals surface area (Å²) in [6.45, 7) is 8.16. The molecule has 3 rings (SSSR count). The zero-order valence-electron chi connectivity index (χ0n) is 16.7. The molecular weight excluding hydrogens is 409 g/mol. The standard InChI is InChI=1S/C20H22FN5O3S/c1-4-9-26-17(11-28-16-8-6-5-7-14(16)21)23-24-20(26)30-12-18(27)22-19-10-15(13(2)3)25-29-19/h4-8,10,13H,1,9,11-12H2,2-3H3,(H,22,27). The van der Waals surface area contributed by atoms with E-state index in [9.17, 15) is 9.18 Å². The van der Waals surface area contributed by atoms with E-state index in [1.165, 1.54) is 23.9 Å². The summed E-state index contributed by atoms with van der Waals surface area (Å²) >= 11 is 1.21. The van der Waals surface area contributed by atoms with E-state index >= 15 is 0 Å². The molecule has 0 aliphatic carbocycles. The third kappa shape index (κ3) is 5.47. The van der Waals surface area contributed by atoms with Gasteiger partial charge in [-0.15, -0.1) is 16.8 Å². The number of hydrogen-bond acceptors (Lipinski definition) is 7. The van der Waals surface area contributed by atoms with Gasteiger partial charge in [0.05, 0.1) is 11.4 Å². The molecule has 0 atom stereocenters. The maximum absolute atomic E-state index is 13.7. The molecule has 2 aromatic heterocycles. The van der Waals surface area contributed by atoms with Gasteiger partial charge in [-0.1, -0.05) is 49.0 Å². The van der Waals surface area contributed by atoms with Crippen molar-refractivity contribution >= 4 is 23.6 Å². The lowest BCUT2D eigenvalue weighted by atomic mass is 10.1. The maximum Gasteiger partial charge on any atom is 0.237 e. The molecule has 0 radical (unpaired) electrons. The molecule has 3 aromatic rings. The summed E-state index contributed by atoms with van der Waals surface area (Å²) in [5.41, 5.74) is 0.767. The summed E-state index contributed by atoms with van der Waals surface area (Å²) in [5, 5.41) is 15.3. The summed E-state index contributed by atoms with van der Waals surface area (Å²) in [5.74, 6) is 0.522. The second kappa shape index (κ2) is 10.1. The quantitative estimate of drug-likeness (QED) is 0.383.